The summed E-state index contributed by atoms with van der Waals surface area (Å²) < 4.78 is 0. The molecule has 3 rings (SSSR count). The third kappa shape index (κ3) is 9.84. The molecule has 182 valence electrons. The lowest BCUT2D eigenvalue weighted by Crippen LogP contribution is -2.48. The summed E-state index contributed by atoms with van der Waals surface area (Å²) >= 11 is 2.06. The van der Waals surface area contributed by atoms with Gasteiger partial charge in [-0.05, 0) is 57.6 Å². The van der Waals surface area contributed by atoms with Crippen LogP contribution in [0.4, 0.5) is 0 Å². The van der Waals surface area contributed by atoms with Crippen LogP contribution in [0.2, 0.25) is 0 Å². The summed E-state index contributed by atoms with van der Waals surface area (Å²) in [5, 5.41) is 0. The zero-order chi connectivity index (χ0) is 23.5. The van der Waals surface area contributed by atoms with Gasteiger partial charge < -0.3 is 0 Å². The summed E-state index contributed by atoms with van der Waals surface area (Å²) in [5.74, 6) is 3.18. The number of nitrogens with zero attached hydrogens (tertiary/aromatic N) is 2. The smallest absolute Gasteiger partial charge is 0.0234 e. The van der Waals surface area contributed by atoms with E-state index in [9.17, 15) is 0 Å². The molecule has 0 bridgehead atoms. The first-order chi connectivity index (χ1) is 15.9. The molecular weight excluding hydrogens is 420 g/mol. The molecule has 2 aromatic carbocycles. The van der Waals surface area contributed by atoms with Gasteiger partial charge >= 0.3 is 0 Å². The van der Waals surface area contributed by atoms with Crippen LogP contribution in [0.1, 0.15) is 69.6 Å². The molecule has 0 atom stereocenters. The van der Waals surface area contributed by atoms with Gasteiger partial charge in [-0.1, -0.05) is 79.4 Å². The average Bonchev–Trinajstić information content (AvgIpc) is 2.81. The van der Waals surface area contributed by atoms with Crippen molar-refractivity contribution in [2.75, 3.05) is 31.9 Å². The number of benzene rings is 2. The SMILES string of the molecule is Cc1ccc(CN(CCSCc2ccccc2)CCN(CC2CCCCC2)C(C)(C)C)cc1. The topological polar surface area (TPSA) is 6.48 Å². The average molecular weight is 467 g/mol. The maximum Gasteiger partial charge on any atom is 0.0234 e. The van der Waals surface area contributed by atoms with Crippen LogP contribution in [0.25, 0.3) is 0 Å². The van der Waals surface area contributed by atoms with E-state index in [4.69, 9.17) is 0 Å². The van der Waals surface area contributed by atoms with Crippen molar-refractivity contribution < 1.29 is 0 Å². The van der Waals surface area contributed by atoms with Crippen molar-refractivity contribution in [1.82, 2.24) is 9.80 Å². The monoisotopic (exact) mass is 466 g/mol. The second-order valence-corrected chi connectivity index (χ2v) is 12.0. The molecule has 2 aromatic rings. The highest BCUT2D eigenvalue weighted by Crippen LogP contribution is 2.27. The quantitative estimate of drug-likeness (QED) is 0.301. The Kier molecular flexibility index (Phi) is 10.8. The Bertz CT molecular complexity index is 775. The van der Waals surface area contributed by atoms with Crippen LogP contribution >= 0.6 is 11.8 Å². The lowest BCUT2D eigenvalue weighted by Gasteiger charge is -2.40. The fourth-order valence-electron chi connectivity index (χ4n) is 4.82. The van der Waals surface area contributed by atoms with Crippen LogP contribution in [0, 0.1) is 12.8 Å². The molecule has 0 aliphatic heterocycles. The third-order valence-electron chi connectivity index (χ3n) is 7.03. The summed E-state index contributed by atoms with van der Waals surface area (Å²) in [6, 6.07) is 20.0. The van der Waals surface area contributed by atoms with E-state index in [0.29, 0.717) is 0 Å². The van der Waals surface area contributed by atoms with Gasteiger partial charge in [0.1, 0.15) is 0 Å². The van der Waals surface area contributed by atoms with E-state index in [1.54, 1.807) is 0 Å². The van der Waals surface area contributed by atoms with Crippen LogP contribution in [-0.2, 0) is 12.3 Å². The molecule has 0 heterocycles. The zero-order valence-corrected chi connectivity index (χ0v) is 22.4. The summed E-state index contributed by atoms with van der Waals surface area (Å²) in [5.41, 5.74) is 4.44. The predicted octanol–water partition coefficient (Wildman–Crippen LogP) is 7.41. The largest absolute Gasteiger partial charge is 0.297 e. The Hall–Kier alpha value is -1.29. The van der Waals surface area contributed by atoms with Gasteiger partial charge in [0.15, 0.2) is 0 Å². The van der Waals surface area contributed by atoms with E-state index in [-0.39, 0.29) is 5.54 Å². The van der Waals surface area contributed by atoms with E-state index in [2.05, 4.69) is 104 Å². The summed E-state index contributed by atoms with van der Waals surface area (Å²) in [4.78, 5) is 5.45. The van der Waals surface area contributed by atoms with Gasteiger partial charge in [-0.2, -0.15) is 11.8 Å². The highest BCUT2D eigenvalue weighted by Gasteiger charge is 2.25. The Morgan fingerprint density at radius 2 is 1.52 bits per heavy atom. The Labute approximate surface area is 208 Å². The number of hydrogen-bond donors (Lipinski definition) is 0. The normalized spacial score (nSPS) is 15.5. The fraction of sp³-hybridized carbons (Fsp3) is 0.600. The molecule has 1 fully saturated rings. The van der Waals surface area contributed by atoms with Gasteiger partial charge in [-0.3, -0.25) is 9.80 Å². The second-order valence-electron chi connectivity index (χ2n) is 10.9. The van der Waals surface area contributed by atoms with Crippen molar-refractivity contribution in [2.45, 2.75) is 77.6 Å². The van der Waals surface area contributed by atoms with Crippen LogP contribution in [-0.4, -0.2) is 47.3 Å². The van der Waals surface area contributed by atoms with E-state index < -0.39 is 0 Å². The van der Waals surface area contributed by atoms with Crippen molar-refractivity contribution in [2.24, 2.45) is 5.92 Å². The van der Waals surface area contributed by atoms with E-state index in [1.807, 2.05) is 0 Å². The molecule has 1 aliphatic rings. The Morgan fingerprint density at radius 1 is 0.818 bits per heavy atom. The van der Waals surface area contributed by atoms with Gasteiger partial charge in [0, 0.05) is 49.8 Å². The molecule has 0 saturated heterocycles. The lowest BCUT2D eigenvalue weighted by molar-refractivity contribution is 0.0862. The second kappa shape index (κ2) is 13.6. The molecule has 0 unspecified atom stereocenters. The van der Waals surface area contributed by atoms with Gasteiger partial charge in [0.05, 0.1) is 0 Å². The molecular formula is C30H46N2S. The van der Waals surface area contributed by atoms with Crippen molar-refractivity contribution in [3.8, 4) is 0 Å². The predicted molar refractivity (Wildman–Crippen MR) is 147 cm³/mol. The molecule has 0 N–H and O–H groups in total. The van der Waals surface area contributed by atoms with Gasteiger partial charge in [-0.15, -0.1) is 0 Å². The van der Waals surface area contributed by atoms with Gasteiger partial charge in [0.2, 0.25) is 0 Å². The molecule has 0 radical (unpaired) electrons. The maximum atomic E-state index is 2.77. The van der Waals surface area contributed by atoms with Crippen molar-refractivity contribution in [3.05, 3.63) is 71.3 Å². The molecule has 1 aliphatic carbocycles. The number of hydrogen-bond acceptors (Lipinski definition) is 3. The summed E-state index contributed by atoms with van der Waals surface area (Å²) in [7, 11) is 0. The Morgan fingerprint density at radius 3 is 2.18 bits per heavy atom. The van der Waals surface area contributed by atoms with E-state index in [0.717, 1.165) is 37.8 Å². The lowest BCUT2D eigenvalue weighted by atomic mass is 9.88. The van der Waals surface area contributed by atoms with Crippen molar-refractivity contribution in [1.29, 1.82) is 0 Å². The Balaban J connectivity index is 1.56. The zero-order valence-electron chi connectivity index (χ0n) is 21.6. The maximum absolute atomic E-state index is 2.77. The number of thioether (sulfide) groups is 1. The first-order valence-corrected chi connectivity index (χ1v) is 14.2. The first kappa shape index (κ1) is 26.3. The molecule has 33 heavy (non-hydrogen) atoms. The molecule has 0 amide bonds. The first-order valence-electron chi connectivity index (χ1n) is 13.0. The summed E-state index contributed by atoms with van der Waals surface area (Å²) in [6.07, 6.45) is 7.16. The molecule has 2 nitrogen and oxygen atoms in total. The highest BCUT2D eigenvalue weighted by molar-refractivity contribution is 7.98. The molecule has 0 aromatic heterocycles. The fourth-order valence-corrected chi connectivity index (χ4v) is 5.78. The minimum Gasteiger partial charge on any atom is -0.297 e. The van der Waals surface area contributed by atoms with Crippen LogP contribution in [0.3, 0.4) is 0 Å². The van der Waals surface area contributed by atoms with Crippen LogP contribution in [0.5, 0.6) is 0 Å². The minimum absolute atomic E-state index is 0.231. The van der Waals surface area contributed by atoms with E-state index in [1.165, 1.54) is 61.1 Å². The van der Waals surface area contributed by atoms with E-state index >= 15 is 0 Å². The standard InChI is InChI=1S/C30H46N2S/c1-26-15-17-28(18-16-26)23-31(21-22-33-25-29-13-9-6-10-14-29)19-20-32(30(2,3)4)24-27-11-7-5-8-12-27/h6,9-10,13-18,27H,5,7-8,11-12,19-25H2,1-4H3. The highest BCUT2D eigenvalue weighted by atomic mass is 32.2. The summed E-state index contributed by atoms with van der Waals surface area (Å²) in [6.45, 7) is 15.1. The van der Waals surface area contributed by atoms with Crippen molar-refractivity contribution in [3.63, 3.8) is 0 Å². The van der Waals surface area contributed by atoms with Crippen molar-refractivity contribution >= 4 is 11.8 Å². The molecule has 0 spiro atoms. The number of aryl methyl sites for hydroxylation is 1. The third-order valence-corrected chi connectivity index (χ3v) is 8.04. The number of rotatable bonds is 12. The molecule has 1 saturated carbocycles. The minimum atomic E-state index is 0.231. The van der Waals surface area contributed by atoms with Crippen LogP contribution in [0.15, 0.2) is 54.6 Å². The van der Waals surface area contributed by atoms with Gasteiger partial charge in [0.25, 0.3) is 0 Å². The van der Waals surface area contributed by atoms with Gasteiger partial charge in [-0.25, -0.2) is 0 Å². The molecule has 3 heteroatoms. The van der Waals surface area contributed by atoms with Crippen LogP contribution < -0.4 is 0 Å².